The van der Waals surface area contributed by atoms with Gasteiger partial charge in [0.1, 0.15) is 5.52 Å². The Labute approximate surface area is 214 Å². The molecular formula is C25H24F3N4O5P. The van der Waals surface area contributed by atoms with Crippen molar-refractivity contribution < 1.29 is 32.0 Å². The highest BCUT2D eigenvalue weighted by atomic mass is 31.2. The van der Waals surface area contributed by atoms with Crippen molar-refractivity contribution >= 4 is 35.4 Å². The van der Waals surface area contributed by atoms with Gasteiger partial charge < -0.3 is 14.4 Å². The SMILES string of the molecule is CP(=O)(O)On1c(=O)n(C2CCN(C(=O)Cc3ccc4ncccc4c3)CC2)c2c(C(F)(F)F)cccc21. The summed E-state index contributed by atoms with van der Waals surface area (Å²) >= 11 is 0. The molecule has 1 aliphatic heterocycles. The van der Waals surface area contributed by atoms with Crippen LogP contribution in [0.5, 0.6) is 0 Å². The summed E-state index contributed by atoms with van der Waals surface area (Å²) in [6.45, 7) is 1.31. The van der Waals surface area contributed by atoms with Gasteiger partial charge in [-0.25, -0.2) is 9.36 Å². The molecule has 0 aliphatic carbocycles. The third-order valence-electron chi connectivity index (χ3n) is 6.60. The molecule has 1 aliphatic rings. The number of piperidine rings is 1. The summed E-state index contributed by atoms with van der Waals surface area (Å²) in [6, 6.07) is 11.8. The first-order valence-corrected chi connectivity index (χ1v) is 13.9. The van der Waals surface area contributed by atoms with Gasteiger partial charge in [-0.2, -0.15) is 13.2 Å². The normalized spacial score (nSPS) is 16.6. The van der Waals surface area contributed by atoms with Crippen LogP contribution in [0.1, 0.15) is 30.0 Å². The number of amides is 1. The highest BCUT2D eigenvalue weighted by molar-refractivity contribution is 7.52. The lowest BCUT2D eigenvalue weighted by molar-refractivity contribution is -0.136. The van der Waals surface area contributed by atoms with Gasteiger partial charge in [0.2, 0.25) is 5.91 Å². The van der Waals surface area contributed by atoms with Crippen molar-refractivity contribution in [1.29, 1.82) is 0 Å². The van der Waals surface area contributed by atoms with Gasteiger partial charge in [0.25, 0.3) is 0 Å². The summed E-state index contributed by atoms with van der Waals surface area (Å²) in [5, 5.41) is 0.912. The van der Waals surface area contributed by atoms with Crippen LogP contribution in [-0.2, 0) is 22.0 Å². The molecule has 9 nitrogen and oxygen atoms in total. The number of aromatic nitrogens is 3. The van der Waals surface area contributed by atoms with Crippen LogP contribution >= 0.6 is 7.60 Å². The largest absolute Gasteiger partial charge is 0.418 e. The highest BCUT2D eigenvalue weighted by Gasteiger charge is 2.38. The number of likely N-dealkylation sites (tertiary alicyclic amines) is 1. The number of halogens is 3. The van der Waals surface area contributed by atoms with Crippen molar-refractivity contribution in [2.75, 3.05) is 19.8 Å². The van der Waals surface area contributed by atoms with Gasteiger partial charge in [0.15, 0.2) is 0 Å². The molecule has 3 heterocycles. The maximum atomic E-state index is 13.9. The van der Waals surface area contributed by atoms with Crippen molar-refractivity contribution in [2.45, 2.75) is 31.5 Å². The topological polar surface area (TPSA) is 107 Å². The van der Waals surface area contributed by atoms with E-state index in [4.69, 9.17) is 4.62 Å². The summed E-state index contributed by atoms with van der Waals surface area (Å²) in [6.07, 6.45) is -2.48. The monoisotopic (exact) mass is 548 g/mol. The Bertz CT molecular complexity index is 1630. The second kappa shape index (κ2) is 9.59. The van der Waals surface area contributed by atoms with Gasteiger partial charge in [-0.3, -0.25) is 14.3 Å². The number of carbonyl (C=O) groups is 1. The number of fused-ring (bicyclic) bond motifs is 2. The lowest BCUT2D eigenvalue weighted by Crippen LogP contribution is -2.42. The molecule has 1 fully saturated rings. The number of nitrogens with zero attached hydrogens (tertiary/aromatic N) is 4. The summed E-state index contributed by atoms with van der Waals surface area (Å²) in [4.78, 5) is 41.8. The Hall–Kier alpha value is -3.63. The average molecular weight is 548 g/mol. The Morgan fingerprint density at radius 1 is 1.16 bits per heavy atom. The third-order valence-corrected chi connectivity index (χ3v) is 7.06. The number of hydrogen-bond acceptors (Lipinski definition) is 5. The highest BCUT2D eigenvalue weighted by Crippen LogP contribution is 2.38. The molecule has 0 radical (unpaired) electrons. The number of rotatable bonds is 5. The van der Waals surface area contributed by atoms with Crippen molar-refractivity contribution in [1.82, 2.24) is 19.2 Å². The number of pyridine rings is 1. The number of imidazole rings is 1. The van der Waals surface area contributed by atoms with Crippen LogP contribution in [0.2, 0.25) is 0 Å². The predicted octanol–water partition coefficient (Wildman–Crippen LogP) is 4.02. The summed E-state index contributed by atoms with van der Waals surface area (Å²) in [5.74, 6) is -0.131. The van der Waals surface area contributed by atoms with E-state index in [-0.39, 0.29) is 43.8 Å². The molecule has 1 saturated heterocycles. The number of benzene rings is 2. The fraction of sp³-hybridized carbons (Fsp3) is 0.320. The second-order valence-corrected chi connectivity index (χ2v) is 11.1. The van der Waals surface area contributed by atoms with Gasteiger partial charge in [0, 0.05) is 30.7 Å². The first kappa shape index (κ1) is 26.0. The van der Waals surface area contributed by atoms with E-state index in [0.717, 1.165) is 39.8 Å². The molecule has 1 amide bonds. The molecule has 0 bridgehead atoms. The molecule has 4 aromatic rings. The van der Waals surface area contributed by atoms with E-state index >= 15 is 0 Å². The first-order chi connectivity index (χ1) is 17.9. The number of alkyl halides is 3. The minimum absolute atomic E-state index is 0.131. The maximum absolute atomic E-state index is 13.9. The van der Waals surface area contributed by atoms with Crippen LogP contribution in [0.4, 0.5) is 13.2 Å². The first-order valence-electron chi connectivity index (χ1n) is 11.9. The molecule has 2 aromatic heterocycles. The number of hydrogen-bond donors (Lipinski definition) is 1. The van der Waals surface area contributed by atoms with Crippen LogP contribution in [0.3, 0.4) is 0 Å². The molecule has 38 heavy (non-hydrogen) atoms. The third kappa shape index (κ3) is 5.06. The minimum atomic E-state index is -4.78. The predicted molar refractivity (Wildman–Crippen MR) is 134 cm³/mol. The van der Waals surface area contributed by atoms with Gasteiger partial charge in [-0.1, -0.05) is 18.2 Å². The van der Waals surface area contributed by atoms with E-state index in [9.17, 15) is 32.2 Å². The summed E-state index contributed by atoms with van der Waals surface area (Å²) in [5.41, 5.74) is -1.09. The standard InChI is InChI=1S/C25H24F3N4O5P/c1-38(35,36)37-32-21-6-2-5-19(25(26,27)28)23(21)31(24(32)34)18-9-12-30(13-10-18)22(33)15-16-7-8-20-17(14-16)4-3-11-29-20/h2-8,11,14,18H,9-10,12-13,15H2,1H3,(H,35,36). The Morgan fingerprint density at radius 2 is 1.89 bits per heavy atom. The Kier molecular flexibility index (Phi) is 6.56. The maximum Gasteiger partial charge on any atom is 0.418 e. The van der Waals surface area contributed by atoms with Crippen molar-refractivity contribution in [3.8, 4) is 0 Å². The lowest BCUT2D eigenvalue weighted by atomic mass is 10.0. The van der Waals surface area contributed by atoms with E-state index in [1.54, 1.807) is 11.1 Å². The molecule has 0 spiro atoms. The number of carbonyl (C=O) groups excluding carboxylic acids is 1. The molecule has 1 N–H and O–H groups in total. The molecule has 0 saturated carbocycles. The van der Waals surface area contributed by atoms with Crippen LogP contribution in [0.15, 0.2) is 59.5 Å². The van der Waals surface area contributed by atoms with Gasteiger partial charge in [-0.05, 0) is 48.7 Å². The molecule has 5 rings (SSSR count). The molecule has 200 valence electrons. The van der Waals surface area contributed by atoms with Crippen molar-refractivity contribution in [2.24, 2.45) is 0 Å². The average Bonchev–Trinajstić information content (AvgIpc) is 3.13. The molecular weight excluding hydrogens is 524 g/mol. The second-order valence-electron chi connectivity index (χ2n) is 9.32. The zero-order valence-corrected chi connectivity index (χ0v) is 21.2. The summed E-state index contributed by atoms with van der Waals surface area (Å²) < 4.78 is 59.9. The smallest absolute Gasteiger partial charge is 0.342 e. The zero-order valence-electron chi connectivity index (χ0n) is 20.3. The molecule has 13 heteroatoms. The minimum Gasteiger partial charge on any atom is -0.342 e. The fourth-order valence-electron chi connectivity index (χ4n) is 4.94. The quantitative estimate of drug-likeness (QED) is 0.378. The molecule has 1 atom stereocenters. The van der Waals surface area contributed by atoms with E-state index in [0.29, 0.717) is 4.73 Å². The van der Waals surface area contributed by atoms with Crippen LogP contribution in [0, 0.1) is 0 Å². The van der Waals surface area contributed by atoms with Crippen LogP contribution in [-0.4, -0.2) is 49.7 Å². The number of para-hydroxylation sites is 1. The van der Waals surface area contributed by atoms with Gasteiger partial charge in [0.05, 0.1) is 29.7 Å². The van der Waals surface area contributed by atoms with Crippen molar-refractivity contribution in [3.63, 3.8) is 0 Å². The Morgan fingerprint density at radius 3 is 2.58 bits per heavy atom. The van der Waals surface area contributed by atoms with E-state index in [2.05, 4.69) is 4.98 Å². The lowest BCUT2D eigenvalue weighted by Gasteiger charge is -2.33. The van der Waals surface area contributed by atoms with Gasteiger partial charge >= 0.3 is 19.5 Å². The summed E-state index contributed by atoms with van der Waals surface area (Å²) in [7, 11) is -4.26. The van der Waals surface area contributed by atoms with Crippen molar-refractivity contribution in [3.05, 3.63) is 76.3 Å². The van der Waals surface area contributed by atoms with Crippen LogP contribution < -0.4 is 10.3 Å². The molecule has 1 unspecified atom stereocenters. The zero-order chi connectivity index (χ0) is 27.2. The van der Waals surface area contributed by atoms with E-state index in [1.165, 1.54) is 6.07 Å². The van der Waals surface area contributed by atoms with E-state index in [1.807, 2.05) is 30.3 Å². The Balaban J connectivity index is 1.41. The fourth-order valence-corrected chi connectivity index (χ4v) is 5.40. The van der Waals surface area contributed by atoms with E-state index < -0.39 is 36.6 Å². The molecule has 2 aromatic carbocycles. The van der Waals surface area contributed by atoms with Gasteiger partial charge in [-0.15, -0.1) is 4.73 Å². The van der Waals surface area contributed by atoms with Crippen LogP contribution in [0.25, 0.3) is 21.9 Å².